The molecular weight excluding hydrogens is 386 g/mol. The van der Waals surface area contributed by atoms with Crippen LogP contribution in [0.3, 0.4) is 0 Å². The largest absolute Gasteiger partial charge is 0.381 e. The molecule has 1 fully saturated rings. The Morgan fingerprint density at radius 1 is 1.26 bits per heavy atom. The number of benzene rings is 1. The van der Waals surface area contributed by atoms with Crippen LogP contribution in [-0.2, 0) is 11.8 Å². The van der Waals surface area contributed by atoms with Crippen LogP contribution in [0.25, 0.3) is 22.1 Å². The van der Waals surface area contributed by atoms with E-state index < -0.39 is 0 Å². The third-order valence-electron chi connectivity index (χ3n) is 6.71. The van der Waals surface area contributed by atoms with Crippen LogP contribution in [0.4, 0.5) is 0 Å². The Morgan fingerprint density at radius 3 is 2.87 bits per heavy atom. The van der Waals surface area contributed by atoms with Gasteiger partial charge in [-0.2, -0.15) is 5.10 Å². The van der Waals surface area contributed by atoms with Gasteiger partial charge in [0.1, 0.15) is 5.65 Å². The summed E-state index contributed by atoms with van der Waals surface area (Å²) in [5, 5.41) is 5.62. The minimum atomic E-state index is 0.00343. The molecule has 160 valence electrons. The molecule has 5 rings (SSSR count). The van der Waals surface area contributed by atoms with Gasteiger partial charge in [-0.25, -0.2) is 4.52 Å². The summed E-state index contributed by atoms with van der Waals surface area (Å²) in [4.78, 5) is 13.1. The molecule has 1 aliphatic carbocycles. The lowest BCUT2D eigenvalue weighted by Crippen LogP contribution is -2.19. The first kappa shape index (κ1) is 20.0. The zero-order valence-corrected chi connectivity index (χ0v) is 18.5. The van der Waals surface area contributed by atoms with Crippen molar-refractivity contribution in [2.75, 3.05) is 13.2 Å². The van der Waals surface area contributed by atoms with Gasteiger partial charge in [-0.15, -0.1) is 0 Å². The second-order valence-electron chi connectivity index (χ2n) is 9.09. The maximum Gasteiger partial charge on any atom is 0.261 e. The van der Waals surface area contributed by atoms with Crippen molar-refractivity contribution in [1.82, 2.24) is 14.2 Å². The molecule has 3 aromatic rings. The molecule has 3 heterocycles. The van der Waals surface area contributed by atoms with Gasteiger partial charge in [0, 0.05) is 25.6 Å². The zero-order chi connectivity index (χ0) is 21.7. The third kappa shape index (κ3) is 3.47. The first-order valence-electron chi connectivity index (χ1n) is 11.1. The number of rotatable bonds is 2. The highest BCUT2D eigenvalue weighted by Gasteiger charge is 2.21. The fourth-order valence-electron chi connectivity index (χ4n) is 4.78. The predicted octanol–water partition coefficient (Wildman–Crippen LogP) is 5.01. The van der Waals surface area contributed by atoms with Crippen molar-refractivity contribution in [3.05, 3.63) is 75.8 Å². The fraction of sp³-hybridized carbons (Fsp3) is 0.385. The number of nitrogens with zero attached hydrogens (tertiary/aromatic N) is 3. The molecule has 1 aliphatic heterocycles. The predicted molar refractivity (Wildman–Crippen MR) is 125 cm³/mol. The van der Waals surface area contributed by atoms with E-state index in [1.807, 2.05) is 29.8 Å². The van der Waals surface area contributed by atoms with Crippen LogP contribution in [0.5, 0.6) is 0 Å². The molecule has 2 atom stereocenters. The first-order chi connectivity index (χ1) is 14.9. The maximum absolute atomic E-state index is 13.1. The van der Waals surface area contributed by atoms with Crippen LogP contribution in [0.2, 0.25) is 0 Å². The lowest BCUT2D eigenvalue weighted by Gasteiger charge is -2.19. The summed E-state index contributed by atoms with van der Waals surface area (Å²) in [6.45, 7) is 10.1. The average Bonchev–Trinajstić information content (AvgIpc) is 3.18. The summed E-state index contributed by atoms with van der Waals surface area (Å²) in [7, 11) is 1.82. The summed E-state index contributed by atoms with van der Waals surface area (Å²) in [5.41, 5.74) is 7.47. The molecule has 0 radical (unpaired) electrons. The molecule has 0 amide bonds. The van der Waals surface area contributed by atoms with Gasteiger partial charge in [-0.05, 0) is 55.4 Å². The number of allylic oxidation sites excluding steroid dienone is 5. The summed E-state index contributed by atoms with van der Waals surface area (Å²) in [5.74, 6) is 0.592. The van der Waals surface area contributed by atoms with Crippen LogP contribution in [0, 0.1) is 5.92 Å². The number of hydrogen-bond acceptors (Lipinski definition) is 3. The Bertz CT molecular complexity index is 1320. The first-order valence-corrected chi connectivity index (χ1v) is 11.1. The van der Waals surface area contributed by atoms with Crippen molar-refractivity contribution in [2.45, 2.75) is 39.0 Å². The summed E-state index contributed by atoms with van der Waals surface area (Å²) in [6.07, 6.45) is 7.55. The van der Waals surface area contributed by atoms with Crippen LogP contribution in [0.1, 0.15) is 50.3 Å². The van der Waals surface area contributed by atoms with Gasteiger partial charge >= 0.3 is 0 Å². The number of fused-ring (bicyclic) bond motifs is 3. The molecule has 5 heteroatoms. The van der Waals surface area contributed by atoms with E-state index in [4.69, 9.17) is 9.84 Å². The van der Waals surface area contributed by atoms with Crippen molar-refractivity contribution in [3.8, 4) is 0 Å². The Kier molecular flexibility index (Phi) is 4.94. The molecule has 0 spiro atoms. The summed E-state index contributed by atoms with van der Waals surface area (Å²) in [6, 6.07) is 8.14. The van der Waals surface area contributed by atoms with E-state index in [1.165, 1.54) is 16.7 Å². The fourth-order valence-corrected chi connectivity index (χ4v) is 4.78. The van der Waals surface area contributed by atoms with Gasteiger partial charge in [0.25, 0.3) is 5.56 Å². The molecule has 0 bridgehead atoms. The Balaban J connectivity index is 1.71. The van der Waals surface area contributed by atoms with E-state index in [9.17, 15) is 4.79 Å². The molecule has 1 saturated heterocycles. The van der Waals surface area contributed by atoms with Gasteiger partial charge in [0.15, 0.2) is 0 Å². The van der Waals surface area contributed by atoms with E-state index in [0.717, 1.165) is 48.3 Å². The minimum Gasteiger partial charge on any atom is -0.381 e. The van der Waals surface area contributed by atoms with Gasteiger partial charge in [-0.1, -0.05) is 42.9 Å². The van der Waals surface area contributed by atoms with E-state index in [0.29, 0.717) is 17.9 Å². The van der Waals surface area contributed by atoms with Crippen molar-refractivity contribution in [3.63, 3.8) is 0 Å². The topological polar surface area (TPSA) is 48.5 Å². The Labute approximate surface area is 182 Å². The number of ether oxygens (including phenoxy) is 1. The molecule has 2 aromatic heterocycles. The molecule has 2 unspecified atom stereocenters. The quantitative estimate of drug-likeness (QED) is 0.553. The summed E-state index contributed by atoms with van der Waals surface area (Å²) >= 11 is 0. The van der Waals surface area contributed by atoms with Gasteiger partial charge in [0.05, 0.1) is 23.2 Å². The lowest BCUT2D eigenvalue weighted by molar-refractivity contribution is 0.0792. The third-order valence-corrected chi connectivity index (χ3v) is 6.71. The molecule has 5 nitrogen and oxygen atoms in total. The van der Waals surface area contributed by atoms with E-state index >= 15 is 0 Å². The SMILES string of the molecule is C=C1CC(C)=CC(c2ccc3c(=O)n(C)c4cc(C5CCCOC5)nn4c3c2)=CC1C. The van der Waals surface area contributed by atoms with E-state index in [1.54, 1.807) is 4.57 Å². The Morgan fingerprint density at radius 2 is 2.10 bits per heavy atom. The van der Waals surface area contributed by atoms with Crippen molar-refractivity contribution in [1.29, 1.82) is 0 Å². The zero-order valence-electron chi connectivity index (χ0n) is 18.5. The minimum absolute atomic E-state index is 0.00343. The second kappa shape index (κ2) is 7.65. The Hall–Kier alpha value is -2.92. The van der Waals surface area contributed by atoms with E-state index in [-0.39, 0.29) is 11.5 Å². The maximum atomic E-state index is 13.1. The van der Waals surface area contributed by atoms with Crippen LogP contribution >= 0.6 is 0 Å². The van der Waals surface area contributed by atoms with Gasteiger partial charge < -0.3 is 4.74 Å². The molecule has 0 saturated carbocycles. The van der Waals surface area contributed by atoms with Crippen molar-refractivity contribution < 1.29 is 4.74 Å². The second-order valence-corrected chi connectivity index (χ2v) is 9.09. The molecule has 31 heavy (non-hydrogen) atoms. The summed E-state index contributed by atoms with van der Waals surface area (Å²) < 4.78 is 9.30. The monoisotopic (exact) mass is 415 g/mol. The highest BCUT2D eigenvalue weighted by atomic mass is 16.5. The van der Waals surface area contributed by atoms with Crippen molar-refractivity contribution >= 4 is 22.1 Å². The van der Waals surface area contributed by atoms with Gasteiger partial charge in [-0.3, -0.25) is 9.36 Å². The molecular formula is C26H29N3O2. The number of hydrogen-bond donors (Lipinski definition) is 0. The number of aromatic nitrogens is 3. The van der Waals surface area contributed by atoms with Crippen LogP contribution in [-0.4, -0.2) is 27.4 Å². The molecule has 2 aliphatic rings. The highest BCUT2D eigenvalue weighted by Crippen LogP contribution is 2.32. The molecule has 1 aromatic carbocycles. The van der Waals surface area contributed by atoms with Crippen LogP contribution < -0.4 is 5.56 Å². The van der Waals surface area contributed by atoms with Gasteiger partial charge in [0.2, 0.25) is 0 Å². The van der Waals surface area contributed by atoms with Crippen molar-refractivity contribution in [2.24, 2.45) is 13.0 Å². The van der Waals surface area contributed by atoms with E-state index in [2.05, 4.69) is 38.6 Å². The molecule has 0 N–H and O–H groups in total. The lowest BCUT2D eigenvalue weighted by atomic mass is 9.97. The van der Waals surface area contributed by atoms with Crippen LogP contribution in [0.15, 0.2) is 58.9 Å². The standard InChI is InChI=1S/C26H29N3O2/c1-16-10-17(2)18(3)12-21(11-16)19-7-8-22-24(13-19)29-25(28(4)26(22)30)14-23(27-29)20-6-5-9-31-15-20/h7-8,11-14,18,20H,2,5-6,9-10,15H2,1,3-4H3. The average molecular weight is 416 g/mol. The normalized spacial score (nSPS) is 22.5. The highest BCUT2D eigenvalue weighted by molar-refractivity contribution is 5.87. The number of aryl methyl sites for hydroxylation is 1. The smallest absolute Gasteiger partial charge is 0.261 e.